The number of halogens is 2. The summed E-state index contributed by atoms with van der Waals surface area (Å²) < 4.78 is 0. The molecule has 168 valence electrons. The Hall–Kier alpha value is 0.380. The van der Waals surface area contributed by atoms with Gasteiger partial charge in [0, 0.05) is 0 Å². The molecule has 6 atom stereocenters. The molecule has 0 aliphatic heterocycles. The Morgan fingerprint density at radius 3 is 1.43 bits per heavy atom. The van der Waals surface area contributed by atoms with Gasteiger partial charge >= 0.3 is 41.9 Å². The predicted molar refractivity (Wildman–Crippen MR) is 123 cm³/mol. The van der Waals surface area contributed by atoms with Crippen molar-refractivity contribution in [3.8, 4) is 0 Å². The summed E-state index contributed by atoms with van der Waals surface area (Å²) in [5.41, 5.74) is 3.38. The van der Waals surface area contributed by atoms with Crippen molar-refractivity contribution in [3.05, 3.63) is 60.4 Å². The number of allylic oxidation sites excluding steroid dienone is 8. The largest absolute Gasteiger partial charge is 1.00 e. The van der Waals surface area contributed by atoms with Gasteiger partial charge in [-0.15, -0.1) is 24.3 Å². The van der Waals surface area contributed by atoms with Gasteiger partial charge in [-0.1, -0.05) is 52.4 Å². The maximum Gasteiger partial charge on any atom is -1.00 e. The molecule has 0 nitrogen and oxygen atoms in total. The number of rotatable bonds is 0. The van der Waals surface area contributed by atoms with E-state index in [4.69, 9.17) is 0 Å². The van der Waals surface area contributed by atoms with E-state index >= 15 is 0 Å². The number of hydrogen-bond donors (Lipinski definition) is 0. The van der Waals surface area contributed by atoms with E-state index < -0.39 is 0 Å². The molecule has 0 N–H and O–H groups in total. The second-order valence-corrected chi connectivity index (χ2v) is 19.0. The van der Waals surface area contributed by atoms with E-state index in [0.717, 1.165) is 35.5 Å². The summed E-state index contributed by atoms with van der Waals surface area (Å²) in [5, 5.41) is 0. The average molecular weight is 543 g/mol. The van der Waals surface area contributed by atoms with Gasteiger partial charge in [-0.3, -0.25) is 0 Å². The first kappa shape index (κ1) is 30.4. The quantitative estimate of drug-likeness (QED) is 0.322. The van der Waals surface area contributed by atoms with Crippen LogP contribution in [0.3, 0.4) is 0 Å². The molecular formula is C26H40Cl2SiZr-2. The maximum atomic E-state index is 2.44. The van der Waals surface area contributed by atoms with Crippen molar-refractivity contribution in [3.63, 3.8) is 0 Å². The number of hydrogen-bond acceptors (Lipinski definition) is 0. The Kier molecular flexibility index (Phi) is 15.5. The van der Waals surface area contributed by atoms with Gasteiger partial charge in [-0.05, 0) is 36.5 Å². The Bertz CT molecular complexity index is 595. The van der Waals surface area contributed by atoms with E-state index in [-0.39, 0.29) is 30.2 Å². The summed E-state index contributed by atoms with van der Waals surface area (Å²) in [6.45, 7) is 14.0. The standard InChI is InChI=1S/2C12H17.C2H6Si.2ClH.Zr/c2*1-9-7-11-6-4-3-5-10(2)12(11)8-9;1-3-2;;;/h2*3-4,6-7,9-10,12H,5,8H2,1-2H3;1-2H3;2*1H;/q2*-1;;;;+2/p-2. The topological polar surface area (TPSA) is 0 Å². The van der Waals surface area contributed by atoms with Crippen LogP contribution in [0.1, 0.15) is 53.4 Å². The van der Waals surface area contributed by atoms with Crippen molar-refractivity contribution in [2.75, 3.05) is 0 Å². The Morgan fingerprint density at radius 1 is 0.767 bits per heavy atom. The van der Waals surface area contributed by atoms with Crippen LogP contribution in [-0.2, 0) is 23.3 Å². The Labute approximate surface area is 214 Å². The molecule has 30 heavy (non-hydrogen) atoms. The minimum Gasteiger partial charge on any atom is -1.00 e. The van der Waals surface area contributed by atoms with E-state index in [1.165, 1.54) is 25.7 Å². The van der Waals surface area contributed by atoms with Gasteiger partial charge in [0.05, 0.1) is 0 Å². The minimum atomic E-state index is 0. The SMILES string of the molecule is CC1[CH-]C2=CC=CCC(C)C2C1.CC1[CH-]C2=CC=CCC(C)C2C1.C[Si](C)=[Zr+2].[Cl-].[Cl-]. The van der Waals surface area contributed by atoms with Gasteiger partial charge in [-0.25, -0.2) is 36.1 Å². The second-order valence-electron chi connectivity index (χ2n) is 9.59. The molecule has 0 aromatic heterocycles. The molecule has 0 saturated heterocycles. The van der Waals surface area contributed by atoms with Gasteiger partial charge in [0.1, 0.15) is 0 Å². The fourth-order valence-corrected chi connectivity index (χ4v) is 4.87. The zero-order valence-corrected chi connectivity index (χ0v) is 24.6. The molecule has 0 aromatic carbocycles. The van der Waals surface area contributed by atoms with E-state index in [1.54, 1.807) is 34.5 Å². The van der Waals surface area contributed by atoms with Crippen LogP contribution < -0.4 is 24.8 Å². The molecule has 0 spiro atoms. The summed E-state index contributed by atoms with van der Waals surface area (Å²) in [7, 11) is 0. The Morgan fingerprint density at radius 2 is 1.10 bits per heavy atom. The van der Waals surface area contributed by atoms with Crippen LogP contribution in [0.15, 0.2) is 47.6 Å². The van der Waals surface area contributed by atoms with Crippen LogP contribution in [0, 0.1) is 48.3 Å². The molecule has 4 rings (SSSR count). The molecular weight excluding hydrogens is 503 g/mol. The van der Waals surface area contributed by atoms with Crippen molar-refractivity contribution in [2.45, 2.75) is 66.5 Å². The van der Waals surface area contributed by atoms with Crippen LogP contribution in [-0.4, -0.2) is 5.43 Å². The van der Waals surface area contributed by atoms with Crippen molar-refractivity contribution < 1.29 is 48.1 Å². The third-order valence-electron chi connectivity index (χ3n) is 6.30. The molecule has 0 heterocycles. The molecule has 4 heteroatoms. The van der Waals surface area contributed by atoms with Crippen molar-refractivity contribution in [1.29, 1.82) is 0 Å². The van der Waals surface area contributed by atoms with Crippen LogP contribution in [0.2, 0.25) is 13.1 Å². The molecule has 0 radical (unpaired) electrons. The molecule has 0 amide bonds. The van der Waals surface area contributed by atoms with Crippen molar-refractivity contribution in [1.82, 2.24) is 0 Å². The van der Waals surface area contributed by atoms with Gasteiger partial charge in [-0.2, -0.15) is 0 Å². The maximum absolute atomic E-state index is 2.44. The zero-order valence-electron chi connectivity index (χ0n) is 19.7. The van der Waals surface area contributed by atoms with E-state index in [0.29, 0.717) is 0 Å². The van der Waals surface area contributed by atoms with Crippen LogP contribution in [0.25, 0.3) is 0 Å². The fraction of sp³-hybridized carbons (Fsp3) is 0.615. The van der Waals surface area contributed by atoms with Gasteiger partial charge in [0.15, 0.2) is 0 Å². The molecule has 4 aliphatic rings. The van der Waals surface area contributed by atoms with E-state index in [1.807, 2.05) is 0 Å². The normalized spacial score (nSPS) is 32.8. The average Bonchev–Trinajstić information content (AvgIpc) is 3.07. The monoisotopic (exact) mass is 540 g/mol. The summed E-state index contributed by atoms with van der Waals surface area (Å²) in [4.78, 5) is 0. The molecule has 2 fully saturated rings. The predicted octanol–water partition coefficient (Wildman–Crippen LogP) is 1.53. The smallest absolute Gasteiger partial charge is 1.00 e. The summed E-state index contributed by atoms with van der Waals surface area (Å²) in [6.07, 6.45) is 23.8. The Balaban J connectivity index is 0.000000452. The van der Waals surface area contributed by atoms with Crippen LogP contribution in [0.5, 0.6) is 0 Å². The van der Waals surface area contributed by atoms with Crippen molar-refractivity contribution in [2.24, 2.45) is 35.5 Å². The van der Waals surface area contributed by atoms with Gasteiger partial charge in [0.2, 0.25) is 0 Å². The van der Waals surface area contributed by atoms with Crippen molar-refractivity contribution >= 4 is 5.43 Å². The summed E-state index contributed by atoms with van der Waals surface area (Å²) >= 11 is 1.74. The molecule has 4 aliphatic carbocycles. The fourth-order valence-electron chi connectivity index (χ4n) is 4.87. The first-order chi connectivity index (χ1) is 13.3. The molecule has 0 aromatic rings. The van der Waals surface area contributed by atoms with E-state index in [9.17, 15) is 0 Å². The first-order valence-corrected chi connectivity index (χ1v) is 17.4. The molecule has 0 bridgehead atoms. The van der Waals surface area contributed by atoms with Gasteiger partial charge in [0.25, 0.3) is 0 Å². The summed E-state index contributed by atoms with van der Waals surface area (Å²) in [5.74, 6) is 4.97. The molecule has 6 unspecified atom stereocenters. The summed E-state index contributed by atoms with van der Waals surface area (Å²) in [6, 6.07) is 0. The van der Waals surface area contributed by atoms with Crippen LogP contribution >= 0.6 is 0 Å². The number of fused-ring (bicyclic) bond motifs is 2. The minimum absolute atomic E-state index is 0. The van der Waals surface area contributed by atoms with Gasteiger partial charge < -0.3 is 24.8 Å². The van der Waals surface area contributed by atoms with Crippen LogP contribution in [0.4, 0.5) is 0 Å². The third kappa shape index (κ3) is 9.89. The first-order valence-electron chi connectivity index (χ1n) is 11.2. The van der Waals surface area contributed by atoms with E-state index in [2.05, 4.69) is 90.1 Å². The molecule has 2 saturated carbocycles. The zero-order chi connectivity index (χ0) is 20.7. The second kappa shape index (κ2) is 15.3. The third-order valence-corrected chi connectivity index (χ3v) is 6.30.